The molecule has 2 aliphatic rings. The van der Waals surface area contributed by atoms with E-state index in [9.17, 15) is 9.18 Å². The van der Waals surface area contributed by atoms with E-state index in [1.165, 1.54) is 31.4 Å². The molecule has 4 nitrogen and oxygen atoms in total. The molecule has 0 unspecified atom stereocenters. The van der Waals surface area contributed by atoms with E-state index >= 15 is 0 Å². The smallest absolute Gasteiger partial charge is 0.270 e. The fourth-order valence-electron chi connectivity index (χ4n) is 4.40. The van der Waals surface area contributed by atoms with Crippen LogP contribution in [-0.4, -0.2) is 52.9 Å². The van der Waals surface area contributed by atoms with E-state index in [4.69, 9.17) is 0 Å². The van der Waals surface area contributed by atoms with Crippen LogP contribution in [0.3, 0.4) is 0 Å². The van der Waals surface area contributed by atoms with Crippen LogP contribution in [0.4, 0.5) is 4.39 Å². The largest absolute Gasteiger partial charge is 0.350 e. The number of amides is 1. The number of hydrogen-bond acceptors (Lipinski definition) is 2. The average molecular weight is 329 g/mol. The van der Waals surface area contributed by atoms with Gasteiger partial charge in [0, 0.05) is 29.5 Å². The van der Waals surface area contributed by atoms with Crippen molar-refractivity contribution < 1.29 is 9.18 Å². The Balaban J connectivity index is 1.64. The molecule has 2 fully saturated rings. The highest BCUT2D eigenvalue weighted by Crippen LogP contribution is 2.30. The minimum absolute atomic E-state index is 0.0524. The summed E-state index contributed by atoms with van der Waals surface area (Å²) in [5.74, 6) is -0.233. The second kappa shape index (κ2) is 6.20. The third-order valence-corrected chi connectivity index (χ3v) is 5.65. The minimum Gasteiger partial charge on any atom is -0.350 e. The third-order valence-electron chi connectivity index (χ3n) is 5.65. The maximum absolute atomic E-state index is 13.4. The van der Waals surface area contributed by atoms with Crippen LogP contribution in [-0.2, 0) is 0 Å². The zero-order chi connectivity index (χ0) is 16.7. The van der Waals surface area contributed by atoms with Gasteiger partial charge in [-0.25, -0.2) is 4.39 Å². The molecule has 1 N–H and O–H groups in total. The summed E-state index contributed by atoms with van der Waals surface area (Å²) in [5.41, 5.74) is 1.26. The minimum atomic E-state index is -0.285. The number of likely N-dealkylation sites (tertiary alicyclic amines) is 2. The van der Waals surface area contributed by atoms with Crippen LogP contribution in [0.15, 0.2) is 24.3 Å². The number of nitrogens with one attached hydrogen (secondary N) is 1. The number of carbonyl (C=O) groups excluding carboxylic acids is 1. The Kier molecular flexibility index (Phi) is 4.04. The van der Waals surface area contributed by atoms with Crippen LogP contribution in [0.25, 0.3) is 10.9 Å². The highest BCUT2D eigenvalue weighted by atomic mass is 19.1. The molecule has 0 spiro atoms. The normalized spacial score (nSPS) is 25.5. The number of carbonyl (C=O) groups is 1. The highest BCUT2D eigenvalue weighted by molar-refractivity contribution is 5.98. The average Bonchev–Trinajstić information content (AvgIpc) is 2.91. The zero-order valence-electron chi connectivity index (χ0n) is 14.1. The number of rotatable bonds is 1. The van der Waals surface area contributed by atoms with Crippen molar-refractivity contribution in [2.24, 2.45) is 0 Å². The van der Waals surface area contributed by atoms with Crippen molar-refractivity contribution in [1.29, 1.82) is 0 Å². The van der Waals surface area contributed by atoms with Gasteiger partial charge in [-0.1, -0.05) is 6.42 Å². The number of nitrogens with zero attached hydrogens (tertiary/aromatic N) is 2. The molecule has 2 saturated heterocycles. The van der Waals surface area contributed by atoms with Crippen LogP contribution in [0.5, 0.6) is 0 Å². The van der Waals surface area contributed by atoms with E-state index in [1.807, 2.05) is 6.07 Å². The Morgan fingerprint density at radius 3 is 2.83 bits per heavy atom. The monoisotopic (exact) mass is 329 g/mol. The lowest BCUT2D eigenvalue weighted by molar-refractivity contribution is 0.0390. The molecule has 3 heterocycles. The van der Waals surface area contributed by atoms with Gasteiger partial charge in [0.2, 0.25) is 0 Å². The first-order valence-electron chi connectivity index (χ1n) is 8.93. The molecule has 128 valence electrons. The first-order valence-corrected chi connectivity index (χ1v) is 8.93. The number of fused-ring (bicyclic) bond motifs is 2. The quantitative estimate of drug-likeness (QED) is 0.871. The lowest BCUT2D eigenvalue weighted by Crippen LogP contribution is -2.55. The summed E-state index contributed by atoms with van der Waals surface area (Å²) in [5, 5.41) is 0.881. The SMILES string of the molecule is CN1CCCC[C@@H]2[C@H]1CCCN2C(=O)c1cc2ccc(F)cc2[nH]1. The number of hydrogen-bond donors (Lipinski definition) is 1. The fourth-order valence-corrected chi connectivity index (χ4v) is 4.40. The van der Waals surface area contributed by atoms with Crippen LogP contribution in [0.1, 0.15) is 42.6 Å². The van der Waals surface area contributed by atoms with Gasteiger partial charge in [0.05, 0.1) is 0 Å². The summed E-state index contributed by atoms with van der Waals surface area (Å²) in [6, 6.07) is 7.21. The molecule has 1 aromatic carbocycles. The van der Waals surface area contributed by atoms with Crippen LogP contribution in [0.2, 0.25) is 0 Å². The van der Waals surface area contributed by atoms with Gasteiger partial charge >= 0.3 is 0 Å². The molecule has 0 saturated carbocycles. The summed E-state index contributed by atoms with van der Waals surface area (Å²) in [6.07, 6.45) is 5.68. The molecule has 5 heteroatoms. The molecule has 24 heavy (non-hydrogen) atoms. The lowest BCUT2D eigenvalue weighted by Gasteiger charge is -2.43. The van der Waals surface area contributed by atoms with Gasteiger partial charge in [0.1, 0.15) is 11.5 Å². The van der Waals surface area contributed by atoms with Crippen LogP contribution in [0, 0.1) is 5.82 Å². The first-order chi connectivity index (χ1) is 11.6. The van der Waals surface area contributed by atoms with E-state index in [-0.39, 0.29) is 11.7 Å². The van der Waals surface area contributed by atoms with E-state index in [2.05, 4.69) is 21.8 Å². The van der Waals surface area contributed by atoms with E-state index in [0.29, 0.717) is 23.3 Å². The van der Waals surface area contributed by atoms with Crippen LogP contribution < -0.4 is 0 Å². The number of benzene rings is 1. The molecule has 4 rings (SSSR count). The van der Waals surface area contributed by atoms with Crippen LogP contribution >= 0.6 is 0 Å². The van der Waals surface area contributed by atoms with Crippen molar-refractivity contribution in [3.8, 4) is 0 Å². The standard InChI is InChI=1S/C19H24FN3O/c1-22-9-3-2-5-18-17(22)6-4-10-23(18)19(24)16-11-13-7-8-14(20)12-15(13)21-16/h7-8,11-12,17-18,21H,2-6,9-10H2,1H3/t17-,18-/m1/s1. The Morgan fingerprint density at radius 1 is 1.12 bits per heavy atom. The summed E-state index contributed by atoms with van der Waals surface area (Å²) in [7, 11) is 2.18. The van der Waals surface area contributed by atoms with Gasteiger partial charge in [-0.05, 0) is 63.5 Å². The van der Waals surface area contributed by atoms with Gasteiger partial charge in [-0.2, -0.15) is 0 Å². The van der Waals surface area contributed by atoms with Gasteiger partial charge in [-0.15, -0.1) is 0 Å². The lowest BCUT2D eigenvalue weighted by atomic mass is 9.92. The summed E-state index contributed by atoms with van der Waals surface area (Å²) >= 11 is 0. The van der Waals surface area contributed by atoms with Gasteiger partial charge in [0.25, 0.3) is 5.91 Å². The van der Waals surface area contributed by atoms with Gasteiger partial charge in [-0.3, -0.25) is 4.79 Å². The zero-order valence-corrected chi connectivity index (χ0v) is 14.1. The van der Waals surface area contributed by atoms with Gasteiger partial charge in [0.15, 0.2) is 0 Å². The molecule has 2 aliphatic heterocycles. The fraction of sp³-hybridized carbons (Fsp3) is 0.526. The van der Waals surface area contributed by atoms with Crippen molar-refractivity contribution in [2.75, 3.05) is 20.1 Å². The molecule has 0 radical (unpaired) electrons. The Morgan fingerprint density at radius 2 is 1.96 bits per heavy atom. The van der Waals surface area contributed by atoms with Crippen molar-refractivity contribution >= 4 is 16.8 Å². The maximum atomic E-state index is 13.4. The number of halogens is 1. The molecular formula is C19H24FN3O. The molecular weight excluding hydrogens is 305 g/mol. The van der Waals surface area contributed by atoms with Crippen molar-refractivity contribution in [2.45, 2.75) is 44.2 Å². The van der Waals surface area contributed by atoms with E-state index in [0.717, 1.165) is 31.3 Å². The highest BCUT2D eigenvalue weighted by Gasteiger charge is 2.37. The Hall–Kier alpha value is -1.88. The third kappa shape index (κ3) is 2.71. The van der Waals surface area contributed by atoms with Crippen molar-refractivity contribution in [3.63, 3.8) is 0 Å². The van der Waals surface area contributed by atoms with Gasteiger partial charge < -0.3 is 14.8 Å². The Bertz CT molecular complexity index is 756. The number of H-pyrrole nitrogens is 1. The molecule has 1 aromatic heterocycles. The van der Waals surface area contributed by atoms with E-state index < -0.39 is 0 Å². The second-order valence-corrected chi connectivity index (χ2v) is 7.17. The molecule has 0 aliphatic carbocycles. The molecule has 2 atom stereocenters. The molecule has 0 bridgehead atoms. The summed E-state index contributed by atoms with van der Waals surface area (Å²) < 4.78 is 13.4. The number of piperidine rings is 1. The number of likely N-dealkylation sites (N-methyl/N-ethyl adjacent to an activating group) is 1. The summed E-state index contributed by atoms with van der Waals surface area (Å²) in [4.78, 5) is 20.7. The summed E-state index contributed by atoms with van der Waals surface area (Å²) in [6.45, 7) is 1.94. The maximum Gasteiger partial charge on any atom is 0.270 e. The molecule has 2 aromatic rings. The first kappa shape index (κ1) is 15.6. The predicted molar refractivity (Wildman–Crippen MR) is 92.6 cm³/mol. The van der Waals surface area contributed by atoms with Crippen molar-refractivity contribution in [3.05, 3.63) is 35.8 Å². The Labute approximate surface area is 141 Å². The second-order valence-electron chi connectivity index (χ2n) is 7.17. The van der Waals surface area contributed by atoms with E-state index in [1.54, 1.807) is 6.07 Å². The predicted octanol–water partition coefficient (Wildman–Crippen LogP) is 3.40. The topological polar surface area (TPSA) is 39.3 Å². The number of aromatic nitrogens is 1. The number of aromatic amines is 1. The van der Waals surface area contributed by atoms with Crippen molar-refractivity contribution in [1.82, 2.24) is 14.8 Å². The molecule has 1 amide bonds.